The Bertz CT molecular complexity index is 375. The first kappa shape index (κ1) is 7.88. The van der Waals surface area contributed by atoms with Crippen LogP contribution >= 0.6 is 0 Å². The molecule has 1 aromatic rings. The second-order valence-electron chi connectivity index (χ2n) is 2.66. The van der Waals surface area contributed by atoms with E-state index in [0.717, 1.165) is 0 Å². The molecule has 5 nitrogen and oxygen atoms in total. The summed E-state index contributed by atoms with van der Waals surface area (Å²) in [6.07, 6.45) is 0. The van der Waals surface area contributed by atoms with E-state index in [2.05, 4.69) is 5.64 Å². The molecule has 0 atom stereocenters. The van der Waals surface area contributed by atoms with Gasteiger partial charge in [-0.25, -0.2) is 0 Å². The van der Waals surface area contributed by atoms with E-state index in [0.29, 0.717) is 11.5 Å². The second kappa shape index (κ2) is 2.63. The third kappa shape index (κ3) is 1.19. The summed E-state index contributed by atoms with van der Waals surface area (Å²) in [5.74, 6) is 0.417. The predicted octanol–water partition coefficient (Wildman–Crippen LogP) is 0.786. The van der Waals surface area contributed by atoms with Crippen molar-refractivity contribution in [1.82, 2.24) is 5.64 Å². The summed E-state index contributed by atoms with van der Waals surface area (Å²) in [4.78, 5) is 20.6. The van der Waals surface area contributed by atoms with Crippen molar-refractivity contribution in [2.75, 3.05) is 0 Å². The van der Waals surface area contributed by atoms with Crippen molar-refractivity contribution in [3.8, 4) is 17.2 Å². The number of hydrogen-bond acceptors (Lipinski definition) is 5. The molecule has 1 heterocycles. The van der Waals surface area contributed by atoms with Crippen LogP contribution < -0.4 is 15.3 Å². The van der Waals surface area contributed by atoms with Gasteiger partial charge in [-0.05, 0) is 6.92 Å². The molecule has 0 aliphatic carbocycles. The van der Waals surface area contributed by atoms with Gasteiger partial charge in [0.1, 0.15) is 5.75 Å². The third-order valence-electron chi connectivity index (χ3n) is 1.74. The minimum absolute atomic E-state index is 0.112. The highest BCUT2D eigenvalue weighted by Gasteiger charge is 2.19. The lowest BCUT2D eigenvalue weighted by molar-refractivity contribution is 0.0259. The topological polar surface area (TPSA) is 67.8 Å². The molecule has 0 fully saturated rings. The van der Waals surface area contributed by atoms with Crippen molar-refractivity contribution >= 4 is 5.78 Å². The molecule has 0 aromatic heterocycles. The monoisotopic (exact) mass is 181 g/mol. The summed E-state index contributed by atoms with van der Waals surface area (Å²) in [5, 5.41) is 9.36. The minimum Gasteiger partial charge on any atom is -0.507 e. The van der Waals surface area contributed by atoms with Gasteiger partial charge in [-0.2, -0.15) is 0 Å². The fourth-order valence-corrected chi connectivity index (χ4v) is 1.10. The van der Waals surface area contributed by atoms with Crippen molar-refractivity contribution in [2.24, 2.45) is 0 Å². The van der Waals surface area contributed by atoms with E-state index in [4.69, 9.17) is 9.68 Å². The van der Waals surface area contributed by atoms with Crippen LogP contribution in [0.2, 0.25) is 0 Å². The van der Waals surface area contributed by atoms with Gasteiger partial charge < -0.3 is 14.8 Å². The lowest BCUT2D eigenvalue weighted by Crippen LogP contribution is -2.14. The zero-order valence-corrected chi connectivity index (χ0v) is 6.83. The van der Waals surface area contributed by atoms with E-state index >= 15 is 0 Å². The SMILES string of the molecule is CC(=O)c1cc2c(cc1O)ONO2. The van der Waals surface area contributed by atoms with Crippen LogP contribution in [-0.2, 0) is 0 Å². The third-order valence-corrected chi connectivity index (χ3v) is 1.74. The van der Waals surface area contributed by atoms with Crippen LogP contribution in [-0.4, -0.2) is 10.9 Å². The first-order valence-electron chi connectivity index (χ1n) is 3.65. The van der Waals surface area contributed by atoms with Gasteiger partial charge in [0.25, 0.3) is 0 Å². The average Bonchev–Trinajstić information content (AvgIpc) is 2.48. The van der Waals surface area contributed by atoms with E-state index in [1.165, 1.54) is 19.1 Å². The van der Waals surface area contributed by atoms with Gasteiger partial charge >= 0.3 is 0 Å². The first-order valence-corrected chi connectivity index (χ1v) is 3.65. The first-order chi connectivity index (χ1) is 6.18. The van der Waals surface area contributed by atoms with Gasteiger partial charge in [-0.15, -0.1) is 0 Å². The number of Topliss-reactive ketones (excluding diaryl/α,β-unsaturated/α-hetero) is 1. The van der Waals surface area contributed by atoms with E-state index in [1.807, 2.05) is 0 Å². The van der Waals surface area contributed by atoms with Crippen molar-refractivity contribution < 1.29 is 19.6 Å². The largest absolute Gasteiger partial charge is 0.507 e. The van der Waals surface area contributed by atoms with Gasteiger partial charge in [0.05, 0.1) is 5.56 Å². The minimum atomic E-state index is -0.226. The zero-order chi connectivity index (χ0) is 9.42. The smallest absolute Gasteiger partial charge is 0.199 e. The Morgan fingerprint density at radius 3 is 2.62 bits per heavy atom. The molecule has 0 saturated heterocycles. The lowest BCUT2D eigenvalue weighted by atomic mass is 10.1. The molecule has 0 radical (unpaired) electrons. The van der Waals surface area contributed by atoms with Crippen molar-refractivity contribution in [3.63, 3.8) is 0 Å². The van der Waals surface area contributed by atoms with Gasteiger partial charge in [0.2, 0.25) is 0 Å². The summed E-state index contributed by atoms with van der Waals surface area (Å²) in [5.41, 5.74) is 2.37. The molecule has 1 aromatic carbocycles. The van der Waals surface area contributed by atoms with E-state index in [1.54, 1.807) is 0 Å². The Balaban J connectivity index is 2.55. The highest BCUT2D eigenvalue weighted by Crippen LogP contribution is 2.36. The number of benzene rings is 1. The molecule has 0 amide bonds. The average molecular weight is 181 g/mol. The Morgan fingerprint density at radius 1 is 1.38 bits per heavy atom. The number of carbonyl (C=O) groups excluding carboxylic acids is 1. The maximum absolute atomic E-state index is 11.0. The van der Waals surface area contributed by atoms with Crippen LogP contribution in [0.5, 0.6) is 17.2 Å². The molecule has 68 valence electrons. The molecule has 0 spiro atoms. The standard InChI is InChI=1S/C8H7NO4/c1-4(10)5-2-7-8(3-6(5)11)13-9-12-7/h2-3,9,11H,1H3. The van der Waals surface area contributed by atoms with Crippen molar-refractivity contribution in [1.29, 1.82) is 0 Å². The molecule has 1 aliphatic rings. The number of ketones is 1. The quantitative estimate of drug-likeness (QED) is 0.627. The Labute approximate surface area is 73.8 Å². The van der Waals surface area contributed by atoms with Crippen LogP contribution in [0.3, 0.4) is 0 Å². The van der Waals surface area contributed by atoms with E-state index in [9.17, 15) is 9.90 Å². The second-order valence-corrected chi connectivity index (χ2v) is 2.66. The number of phenols is 1. The molecule has 1 aliphatic heterocycles. The highest BCUT2D eigenvalue weighted by molar-refractivity contribution is 5.97. The number of fused-ring (bicyclic) bond motifs is 1. The fraction of sp³-hybridized carbons (Fsp3) is 0.125. The Hall–Kier alpha value is -1.75. The molecule has 2 N–H and O–H groups in total. The normalized spacial score (nSPS) is 13.0. The molecule has 0 saturated carbocycles. The number of rotatable bonds is 1. The number of nitrogens with one attached hydrogen (secondary N) is 1. The summed E-state index contributed by atoms with van der Waals surface area (Å²) in [7, 11) is 0. The van der Waals surface area contributed by atoms with Crippen LogP contribution in [0.15, 0.2) is 12.1 Å². The van der Waals surface area contributed by atoms with Gasteiger partial charge in [0.15, 0.2) is 17.3 Å². The molecular weight excluding hydrogens is 174 g/mol. The molecule has 0 bridgehead atoms. The molecule has 0 unspecified atom stereocenters. The van der Waals surface area contributed by atoms with E-state index < -0.39 is 0 Å². The molecular formula is C8H7NO4. The van der Waals surface area contributed by atoms with Crippen LogP contribution in [0, 0.1) is 0 Å². The van der Waals surface area contributed by atoms with Crippen molar-refractivity contribution in [2.45, 2.75) is 6.92 Å². The van der Waals surface area contributed by atoms with Gasteiger partial charge in [-0.3, -0.25) is 4.79 Å². The maximum Gasteiger partial charge on any atom is 0.199 e. The highest BCUT2D eigenvalue weighted by atomic mass is 16.9. The van der Waals surface area contributed by atoms with E-state index in [-0.39, 0.29) is 17.1 Å². The number of carbonyl (C=O) groups is 1. The van der Waals surface area contributed by atoms with Gasteiger partial charge in [0, 0.05) is 17.8 Å². The van der Waals surface area contributed by atoms with Crippen LogP contribution in [0.25, 0.3) is 0 Å². The number of phenolic OH excluding ortho intramolecular Hbond substituents is 1. The van der Waals surface area contributed by atoms with Crippen LogP contribution in [0.1, 0.15) is 17.3 Å². The number of hydrogen-bond donors (Lipinski definition) is 2. The molecule has 13 heavy (non-hydrogen) atoms. The summed E-state index contributed by atoms with van der Waals surface area (Å²) >= 11 is 0. The molecule has 2 rings (SSSR count). The molecule has 5 heteroatoms. The summed E-state index contributed by atoms with van der Waals surface area (Å²) < 4.78 is 0. The summed E-state index contributed by atoms with van der Waals surface area (Å²) in [6.45, 7) is 1.37. The van der Waals surface area contributed by atoms with Crippen LogP contribution in [0.4, 0.5) is 0 Å². The summed E-state index contributed by atoms with van der Waals surface area (Å²) in [6, 6.07) is 2.75. The fourth-order valence-electron chi connectivity index (χ4n) is 1.10. The Kier molecular flexibility index (Phi) is 1.60. The lowest BCUT2D eigenvalue weighted by Gasteiger charge is -2.00. The van der Waals surface area contributed by atoms with Gasteiger partial charge in [-0.1, -0.05) is 0 Å². The zero-order valence-electron chi connectivity index (χ0n) is 6.83. The Morgan fingerprint density at radius 2 is 2.00 bits per heavy atom. The van der Waals surface area contributed by atoms with Crippen molar-refractivity contribution in [3.05, 3.63) is 17.7 Å². The predicted molar refractivity (Wildman–Crippen MR) is 42.5 cm³/mol. The number of aromatic hydroxyl groups is 1. The maximum atomic E-state index is 11.0.